The van der Waals surface area contributed by atoms with E-state index in [0.717, 1.165) is 33.5 Å². The molecule has 2 aromatic rings. The summed E-state index contributed by atoms with van der Waals surface area (Å²) in [5.41, 5.74) is 3.00. The van der Waals surface area contributed by atoms with Crippen molar-refractivity contribution in [2.45, 2.75) is 63.6 Å². The number of benzene rings is 2. The van der Waals surface area contributed by atoms with Gasteiger partial charge in [0, 0.05) is 22.9 Å². The second-order valence-electron chi connectivity index (χ2n) is 9.51. The quantitative estimate of drug-likeness (QED) is 0.537. The summed E-state index contributed by atoms with van der Waals surface area (Å²) in [4.78, 5) is 13.2. The van der Waals surface area contributed by atoms with Crippen molar-refractivity contribution in [1.29, 1.82) is 0 Å². The Kier molecular flexibility index (Phi) is 6.86. The lowest BCUT2D eigenvalue weighted by Gasteiger charge is -2.31. The molecule has 2 aliphatic carbocycles. The van der Waals surface area contributed by atoms with Gasteiger partial charge in [-0.3, -0.25) is 4.79 Å². The van der Waals surface area contributed by atoms with Crippen molar-refractivity contribution in [1.82, 2.24) is 5.32 Å². The highest BCUT2D eigenvalue weighted by Gasteiger charge is 2.41. The topological polar surface area (TPSA) is 67.8 Å². The summed E-state index contributed by atoms with van der Waals surface area (Å²) >= 11 is 3.50. The van der Waals surface area contributed by atoms with Crippen molar-refractivity contribution < 1.29 is 19.4 Å². The molecular weight excluding hydrogens is 482 g/mol. The molecule has 2 N–H and O–H groups in total. The Morgan fingerprint density at radius 3 is 2.45 bits per heavy atom. The van der Waals surface area contributed by atoms with Gasteiger partial charge in [0.15, 0.2) is 5.76 Å². The van der Waals surface area contributed by atoms with E-state index in [2.05, 4.69) is 33.4 Å². The van der Waals surface area contributed by atoms with Gasteiger partial charge >= 0.3 is 0 Å². The maximum Gasteiger partial charge on any atom is 0.286 e. The highest BCUT2D eigenvalue weighted by Crippen LogP contribution is 2.44. The van der Waals surface area contributed by atoms with Crippen LogP contribution in [-0.2, 0) is 27.5 Å². The molecule has 0 aromatic heterocycles. The van der Waals surface area contributed by atoms with E-state index in [1.807, 2.05) is 42.5 Å². The third-order valence-electron chi connectivity index (χ3n) is 7.28. The Balaban J connectivity index is 1.29. The number of amides is 1. The number of halogens is 1. The van der Waals surface area contributed by atoms with Gasteiger partial charge in [0.2, 0.25) is 6.29 Å². The van der Waals surface area contributed by atoms with E-state index in [0.29, 0.717) is 24.7 Å². The van der Waals surface area contributed by atoms with E-state index in [9.17, 15) is 9.90 Å². The number of carbonyl (C=O) groups is 1. The molecule has 2 saturated carbocycles. The molecule has 2 bridgehead atoms. The number of nitrogens with one attached hydrogen (secondary N) is 1. The normalized spacial score (nSPS) is 28.3. The molecule has 0 saturated heterocycles. The number of fused-ring (bicyclic) bond motifs is 2. The van der Waals surface area contributed by atoms with Crippen LogP contribution in [0.5, 0.6) is 0 Å². The van der Waals surface area contributed by atoms with Gasteiger partial charge in [0.05, 0.1) is 13.2 Å². The lowest BCUT2D eigenvalue weighted by Crippen LogP contribution is -2.41. The van der Waals surface area contributed by atoms with Crippen LogP contribution in [0.1, 0.15) is 54.7 Å². The number of hydrogen-bond donors (Lipinski definition) is 2. The first-order valence-corrected chi connectivity index (χ1v) is 12.6. The molecule has 174 valence electrons. The average Bonchev–Trinajstić information content (AvgIpc) is 3.47. The maximum absolute atomic E-state index is 13.2. The van der Waals surface area contributed by atoms with Gasteiger partial charge in [-0.2, -0.15) is 0 Å². The van der Waals surface area contributed by atoms with Crippen LogP contribution in [-0.4, -0.2) is 23.3 Å². The molecule has 0 radical (unpaired) electrons. The smallest absolute Gasteiger partial charge is 0.286 e. The molecule has 5 atom stereocenters. The fraction of sp³-hybridized carbons (Fsp3) is 0.444. The molecule has 3 aliphatic rings. The summed E-state index contributed by atoms with van der Waals surface area (Å²) < 4.78 is 13.2. The number of rotatable bonds is 7. The predicted molar refractivity (Wildman–Crippen MR) is 129 cm³/mol. The first-order chi connectivity index (χ1) is 16.1. The van der Waals surface area contributed by atoms with Crippen LogP contribution >= 0.6 is 15.9 Å². The second-order valence-corrected chi connectivity index (χ2v) is 10.4. The van der Waals surface area contributed by atoms with Crippen LogP contribution in [0.15, 0.2) is 64.8 Å². The minimum atomic E-state index is -0.512. The number of aliphatic hydroxyl groups is 1. The van der Waals surface area contributed by atoms with Gasteiger partial charge in [-0.1, -0.05) is 58.7 Å². The molecule has 5 rings (SSSR count). The van der Waals surface area contributed by atoms with Crippen molar-refractivity contribution >= 4 is 21.8 Å². The zero-order valence-electron chi connectivity index (χ0n) is 18.6. The molecule has 0 spiro atoms. The number of hydrogen-bond acceptors (Lipinski definition) is 4. The average molecular weight is 512 g/mol. The number of ether oxygens (including phenoxy) is 2. The monoisotopic (exact) mass is 511 g/mol. The molecule has 2 aromatic carbocycles. The fourth-order valence-corrected chi connectivity index (χ4v) is 5.72. The summed E-state index contributed by atoms with van der Waals surface area (Å²) in [5, 5.41) is 12.5. The minimum Gasteiger partial charge on any atom is -0.459 e. The largest absolute Gasteiger partial charge is 0.459 e. The van der Waals surface area contributed by atoms with E-state index in [1.54, 1.807) is 0 Å². The lowest BCUT2D eigenvalue weighted by atomic mass is 9.92. The standard InChI is InChI=1S/C27H30BrNO4/c28-23-9-7-20(8-10-23)22-13-25(27(31)29-24-12-19-5-6-21(24)11-19)33-26(14-22)32-16-18-3-1-17(15-30)2-4-18/h1-4,7-10,13,19,21-22,24,26,30H,5-6,11-12,14-16H2,(H,29,31)/t19?,21?,22-,24?,26+/m0/s1. The highest BCUT2D eigenvalue weighted by molar-refractivity contribution is 9.10. The second kappa shape index (κ2) is 10.00. The van der Waals surface area contributed by atoms with Gasteiger partial charge in [-0.05, 0) is 66.0 Å². The number of allylic oxidation sites excluding steroid dienone is 1. The summed E-state index contributed by atoms with van der Waals surface area (Å²) in [7, 11) is 0. The SMILES string of the molecule is O=C(NC1CC2CCC1C2)C1=C[C@H](c2ccc(Br)cc2)C[C@H](OCc2ccc(CO)cc2)O1. The maximum atomic E-state index is 13.2. The third kappa shape index (κ3) is 5.34. The highest BCUT2D eigenvalue weighted by atomic mass is 79.9. The van der Waals surface area contributed by atoms with Crippen LogP contribution in [0.4, 0.5) is 0 Å². The van der Waals surface area contributed by atoms with E-state index in [-0.39, 0.29) is 24.5 Å². The Morgan fingerprint density at radius 2 is 1.79 bits per heavy atom. The van der Waals surface area contributed by atoms with Crippen LogP contribution in [0.2, 0.25) is 0 Å². The molecule has 5 nitrogen and oxygen atoms in total. The van der Waals surface area contributed by atoms with Gasteiger partial charge < -0.3 is 19.9 Å². The van der Waals surface area contributed by atoms with Crippen molar-refractivity contribution in [3.8, 4) is 0 Å². The van der Waals surface area contributed by atoms with Gasteiger partial charge in [-0.15, -0.1) is 0 Å². The first kappa shape index (κ1) is 22.6. The van der Waals surface area contributed by atoms with Crippen LogP contribution in [0.25, 0.3) is 0 Å². The van der Waals surface area contributed by atoms with Crippen LogP contribution < -0.4 is 5.32 Å². The predicted octanol–water partition coefficient (Wildman–Crippen LogP) is 5.18. The molecule has 2 fully saturated rings. The lowest BCUT2D eigenvalue weighted by molar-refractivity contribution is -0.150. The first-order valence-electron chi connectivity index (χ1n) is 11.8. The van der Waals surface area contributed by atoms with Crippen molar-refractivity contribution in [2.75, 3.05) is 0 Å². The van der Waals surface area contributed by atoms with E-state index in [4.69, 9.17) is 9.47 Å². The van der Waals surface area contributed by atoms with Gasteiger partial charge in [0.1, 0.15) is 0 Å². The number of carbonyl (C=O) groups excluding carboxylic acids is 1. The Hall–Kier alpha value is -2.15. The minimum absolute atomic E-state index is 0.0214. The molecule has 1 heterocycles. The number of aliphatic hydroxyl groups excluding tert-OH is 1. The molecule has 33 heavy (non-hydrogen) atoms. The summed E-state index contributed by atoms with van der Waals surface area (Å²) in [6.07, 6.45) is 6.93. The zero-order chi connectivity index (χ0) is 22.8. The Labute approximate surface area is 203 Å². The van der Waals surface area contributed by atoms with Gasteiger partial charge in [0.25, 0.3) is 5.91 Å². The van der Waals surface area contributed by atoms with Crippen molar-refractivity contribution in [3.05, 3.63) is 81.5 Å². The van der Waals surface area contributed by atoms with Crippen molar-refractivity contribution in [2.24, 2.45) is 11.8 Å². The van der Waals surface area contributed by atoms with Crippen LogP contribution in [0.3, 0.4) is 0 Å². The molecule has 1 amide bonds. The molecular formula is C27H30BrNO4. The molecule has 3 unspecified atom stereocenters. The summed E-state index contributed by atoms with van der Waals surface area (Å²) in [5.74, 6) is 1.65. The Morgan fingerprint density at radius 1 is 1.03 bits per heavy atom. The van der Waals surface area contributed by atoms with Gasteiger partial charge in [-0.25, -0.2) is 0 Å². The van der Waals surface area contributed by atoms with E-state index in [1.165, 1.54) is 19.3 Å². The van der Waals surface area contributed by atoms with Crippen molar-refractivity contribution in [3.63, 3.8) is 0 Å². The summed E-state index contributed by atoms with van der Waals surface area (Å²) in [6, 6.07) is 16.1. The Bertz CT molecular complexity index is 1000. The third-order valence-corrected chi connectivity index (χ3v) is 7.80. The van der Waals surface area contributed by atoms with E-state index >= 15 is 0 Å². The summed E-state index contributed by atoms with van der Waals surface area (Å²) in [6.45, 7) is 0.401. The van der Waals surface area contributed by atoms with Crippen LogP contribution in [0, 0.1) is 11.8 Å². The zero-order valence-corrected chi connectivity index (χ0v) is 20.2. The molecule has 6 heteroatoms. The van der Waals surface area contributed by atoms with E-state index < -0.39 is 6.29 Å². The fourth-order valence-electron chi connectivity index (χ4n) is 5.45. The molecule has 1 aliphatic heterocycles.